The fourth-order valence-electron chi connectivity index (χ4n) is 0. The van der Waals surface area contributed by atoms with Gasteiger partial charge in [0.1, 0.15) is 0 Å². The molecule has 0 aromatic rings. The van der Waals surface area contributed by atoms with Gasteiger partial charge >= 0.3 is 81.4 Å². The SMILES string of the molecule is [F][Ce]([F])[F].[F][Ce]([F])[F]. The average molecular weight is 394 g/mol. The van der Waals surface area contributed by atoms with Crippen molar-refractivity contribution < 1.29 is 81.4 Å². The summed E-state index contributed by atoms with van der Waals surface area (Å²) in [6, 6.07) is 0. The molecule has 0 rings (SSSR count). The van der Waals surface area contributed by atoms with Crippen LogP contribution in [-0.2, 0) is 0 Å². The van der Waals surface area contributed by atoms with E-state index >= 15 is 0 Å². The molecule has 0 aliphatic heterocycles. The van der Waals surface area contributed by atoms with E-state index in [1.165, 1.54) is 0 Å². The summed E-state index contributed by atoms with van der Waals surface area (Å²) >= 11 is -10.3. The third-order valence-electron chi connectivity index (χ3n) is 0. The molecule has 50 valence electrons. The second-order valence-electron chi connectivity index (χ2n) is 0.429. The Kier molecular flexibility index (Phi) is 15.1. The minimum atomic E-state index is -5.16. The van der Waals surface area contributed by atoms with Gasteiger partial charge in [0.25, 0.3) is 0 Å². The van der Waals surface area contributed by atoms with Crippen LogP contribution in [0.2, 0.25) is 0 Å². The standard InChI is InChI=1S/2Ce.6FH/h;;6*1H/q2*+3;;;;;;/p-6. The molecule has 0 N–H and O–H groups in total. The van der Waals surface area contributed by atoms with Crippen molar-refractivity contribution in [1.82, 2.24) is 0 Å². The van der Waals surface area contributed by atoms with E-state index in [4.69, 9.17) is 0 Å². The van der Waals surface area contributed by atoms with Gasteiger partial charge in [0.2, 0.25) is 0 Å². The molecule has 0 aromatic carbocycles. The van der Waals surface area contributed by atoms with Crippen molar-refractivity contribution in [2.45, 2.75) is 0 Å². The van der Waals surface area contributed by atoms with Crippen molar-refractivity contribution in [3.05, 3.63) is 0 Å². The predicted molar refractivity (Wildman–Crippen MR) is 6.65 cm³/mol. The van der Waals surface area contributed by atoms with Crippen molar-refractivity contribution in [1.29, 1.82) is 0 Å². The molecule has 8 heteroatoms. The molecule has 0 aliphatic carbocycles. The maximum absolute atomic E-state index is 9.88. The molecule has 0 unspecified atom stereocenters. The van der Waals surface area contributed by atoms with E-state index < -0.39 is 75.9 Å². The van der Waals surface area contributed by atoms with Crippen molar-refractivity contribution in [3.8, 4) is 0 Å². The first-order valence-corrected chi connectivity index (χ1v) is 8.25. The number of halogens is 6. The number of rotatable bonds is 0. The fraction of sp³-hybridized carbons (Fsp3) is 0. The summed E-state index contributed by atoms with van der Waals surface area (Å²) in [6.45, 7) is 0. The molecule has 0 nitrogen and oxygen atoms in total. The van der Waals surface area contributed by atoms with Crippen LogP contribution in [0, 0.1) is 75.9 Å². The van der Waals surface area contributed by atoms with Gasteiger partial charge in [0.15, 0.2) is 0 Å². The van der Waals surface area contributed by atoms with Crippen molar-refractivity contribution in [2.75, 3.05) is 0 Å². The maximum atomic E-state index is 9.88. The van der Waals surface area contributed by atoms with Gasteiger partial charge in [-0.3, -0.25) is 0 Å². The fourth-order valence-corrected chi connectivity index (χ4v) is 0. The van der Waals surface area contributed by atoms with Gasteiger partial charge in [0, 0.05) is 0 Å². The van der Waals surface area contributed by atoms with Gasteiger partial charge in [-0.1, -0.05) is 0 Å². The van der Waals surface area contributed by atoms with E-state index in [0.717, 1.165) is 0 Å². The van der Waals surface area contributed by atoms with Crippen LogP contribution in [0.5, 0.6) is 0 Å². The summed E-state index contributed by atoms with van der Waals surface area (Å²) in [5.41, 5.74) is 0. The topological polar surface area (TPSA) is 0 Å². The van der Waals surface area contributed by atoms with Crippen LogP contribution >= 0.6 is 0 Å². The number of hydrogen-bond acceptors (Lipinski definition) is 0. The van der Waals surface area contributed by atoms with Gasteiger partial charge in [-0.15, -0.1) is 0 Å². The number of hydrogen-bond donors (Lipinski definition) is 0. The predicted octanol–water partition coefficient (Wildman–Crippen LogP) is 2.52. The van der Waals surface area contributed by atoms with E-state index in [9.17, 15) is 5.46 Å². The summed E-state index contributed by atoms with van der Waals surface area (Å²) in [5, 5.41) is 0. The molecule has 8 heavy (non-hydrogen) atoms. The molecule has 0 aliphatic rings. The van der Waals surface area contributed by atoms with Gasteiger partial charge in [0.05, 0.1) is 0 Å². The van der Waals surface area contributed by atoms with Crippen LogP contribution in [0.3, 0.4) is 0 Å². The Balaban J connectivity index is 0. The molecule has 0 spiro atoms. The second kappa shape index (κ2) is 9.33. The summed E-state index contributed by atoms with van der Waals surface area (Å²) < 4.78 is 59.3. The first-order valence-electron chi connectivity index (χ1n) is 1.13. The normalized spacial score (nSPS) is 6.75. The zero-order chi connectivity index (χ0) is 7.15. The molecular weight excluding hydrogens is 394 g/mol. The molecule has 0 aromatic heterocycles. The Bertz CT molecular complexity index is 22.0. The van der Waals surface area contributed by atoms with Gasteiger partial charge in [-0.2, -0.15) is 0 Å². The third-order valence-corrected chi connectivity index (χ3v) is 0. The quantitative estimate of drug-likeness (QED) is 0.554. The van der Waals surface area contributed by atoms with E-state index in [1.54, 1.807) is 0 Å². The second-order valence-corrected chi connectivity index (χ2v) is 3.12. The Morgan fingerprint density at radius 3 is 0.500 bits per heavy atom. The Morgan fingerprint density at radius 2 is 0.500 bits per heavy atom. The summed E-state index contributed by atoms with van der Waals surface area (Å²) in [4.78, 5) is 0. The van der Waals surface area contributed by atoms with Crippen LogP contribution in [-0.4, -0.2) is 0 Å². The zero-order valence-corrected chi connectivity index (χ0v) is 9.55. The first kappa shape index (κ1) is 13.0. The third kappa shape index (κ3) is 82.3. The Labute approximate surface area is 79.1 Å². The van der Waals surface area contributed by atoms with Crippen LogP contribution < -0.4 is 0 Å². The molecule has 0 saturated carbocycles. The summed E-state index contributed by atoms with van der Waals surface area (Å²) in [6.07, 6.45) is 0. The van der Waals surface area contributed by atoms with Gasteiger partial charge < -0.3 is 0 Å². The van der Waals surface area contributed by atoms with E-state index in [-0.39, 0.29) is 0 Å². The van der Waals surface area contributed by atoms with Crippen LogP contribution in [0.4, 0.5) is 5.46 Å². The molecule has 0 heterocycles. The molecule has 0 saturated heterocycles. The Hall–Kier alpha value is 2.33. The van der Waals surface area contributed by atoms with Crippen molar-refractivity contribution in [3.63, 3.8) is 0 Å². The summed E-state index contributed by atoms with van der Waals surface area (Å²) in [5.74, 6) is 0. The zero-order valence-electron chi connectivity index (χ0n) is 3.27. The molecule has 0 radical (unpaired) electrons. The molecule has 0 bridgehead atoms. The van der Waals surface area contributed by atoms with Crippen molar-refractivity contribution in [2.24, 2.45) is 0 Å². The Morgan fingerprint density at radius 1 is 0.500 bits per heavy atom. The summed E-state index contributed by atoms with van der Waals surface area (Å²) in [7, 11) is 0. The molecular formula is Ce2F6. The van der Waals surface area contributed by atoms with Crippen LogP contribution in [0.1, 0.15) is 0 Å². The monoisotopic (exact) mass is 394 g/mol. The molecule has 0 fully saturated rings. The van der Waals surface area contributed by atoms with E-state index in [0.29, 0.717) is 0 Å². The van der Waals surface area contributed by atoms with Gasteiger partial charge in [-0.25, -0.2) is 0 Å². The van der Waals surface area contributed by atoms with Gasteiger partial charge in [-0.05, 0) is 0 Å². The van der Waals surface area contributed by atoms with E-state index in [1.807, 2.05) is 0 Å². The first-order chi connectivity index (χ1) is 3.46. The van der Waals surface area contributed by atoms with E-state index in [2.05, 4.69) is 0 Å². The molecule has 0 amide bonds. The van der Waals surface area contributed by atoms with Crippen LogP contribution in [0.25, 0.3) is 0 Å². The van der Waals surface area contributed by atoms with Crippen molar-refractivity contribution >= 4 is 0 Å². The molecule has 0 atom stereocenters. The minimum absolute atomic E-state index is 5.16. The average Bonchev–Trinajstić information content (AvgIpc) is 1.25. The van der Waals surface area contributed by atoms with Crippen LogP contribution in [0.15, 0.2) is 0 Å².